The quantitative estimate of drug-likeness (QED) is 0.862. The van der Waals surface area contributed by atoms with Gasteiger partial charge in [0.15, 0.2) is 0 Å². The number of rotatable bonds is 4. The Morgan fingerprint density at radius 1 is 1.37 bits per heavy atom. The number of nitrogens with one attached hydrogen (secondary N) is 2. The van der Waals surface area contributed by atoms with Crippen LogP contribution in [0.3, 0.4) is 0 Å². The molecule has 2 N–H and O–H groups in total. The van der Waals surface area contributed by atoms with E-state index in [2.05, 4.69) is 35.5 Å². The third-order valence-electron chi connectivity index (χ3n) is 3.69. The largest absolute Gasteiger partial charge is 0.383 e. The fraction of sp³-hybridized carbons (Fsp3) is 0.533. The highest BCUT2D eigenvalue weighted by atomic mass is 15.2. The van der Waals surface area contributed by atoms with Gasteiger partial charge in [0.25, 0.3) is 0 Å². The number of nitriles is 1. The van der Waals surface area contributed by atoms with Gasteiger partial charge in [0, 0.05) is 44.0 Å². The third-order valence-corrected chi connectivity index (χ3v) is 3.69. The van der Waals surface area contributed by atoms with Crippen molar-refractivity contribution < 1.29 is 0 Å². The van der Waals surface area contributed by atoms with Crippen LogP contribution in [0.2, 0.25) is 0 Å². The Bertz CT molecular complexity index is 455. The lowest BCUT2D eigenvalue weighted by molar-refractivity contribution is 0.114. The molecule has 0 unspecified atom stereocenters. The van der Waals surface area contributed by atoms with Crippen LogP contribution < -0.4 is 10.6 Å². The molecule has 0 saturated carbocycles. The fourth-order valence-electron chi connectivity index (χ4n) is 2.40. The van der Waals surface area contributed by atoms with E-state index < -0.39 is 0 Å². The zero-order valence-electron chi connectivity index (χ0n) is 11.7. The Kier molecular flexibility index (Phi) is 4.41. The Morgan fingerprint density at radius 3 is 2.79 bits per heavy atom. The molecule has 1 aliphatic heterocycles. The lowest BCUT2D eigenvalue weighted by Crippen LogP contribution is -2.56. The van der Waals surface area contributed by atoms with E-state index in [1.165, 1.54) is 0 Å². The fourth-order valence-corrected chi connectivity index (χ4v) is 2.40. The van der Waals surface area contributed by atoms with Gasteiger partial charge in [-0.25, -0.2) is 0 Å². The maximum absolute atomic E-state index is 8.90. The van der Waals surface area contributed by atoms with Gasteiger partial charge in [-0.1, -0.05) is 6.07 Å². The minimum atomic E-state index is 0.116. The lowest BCUT2D eigenvalue weighted by Gasteiger charge is -2.41. The first-order chi connectivity index (χ1) is 9.12. The van der Waals surface area contributed by atoms with E-state index in [4.69, 9.17) is 5.26 Å². The van der Waals surface area contributed by atoms with E-state index in [9.17, 15) is 0 Å². The van der Waals surface area contributed by atoms with Crippen LogP contribution in [0.4, 0.5) is 5.69 Å². The maximum Gasteiger partial charge on any atom is 0.0992 e. The van der Waals surface area contributed by atoms with Crippen LogP contribution in [0.25, 0.3) is 0 Å². The summed E-state index contributed by atoms with van der Waals surface area (Å²) in [6.45, 7) is 9.71. The molecule has 19 heavy (non-hydrogen) atoms. The normalized spacial score (nSPS) is 16.9. The summed E-state index contributed by atoms with van der Waals surface area (Å²) in [5.74, 6) is 0. The van der Waals surface area contributed by atoms with Crippen molar-refractivity contribution in [3.8, 4) is 6.07 Å². The van der Waals surface area contributed by atoms with Gasteiger partial charge in [0.05, 0.1) is 11.6 Å². The van der Waals surface area contributed by atoms with Crippen molar-refractivity contribution in [2.45, 2.75) is 19.4 Å². The van der Waals surface area contributed by atoms with Crippen LogP contribution in [0, 0.1) is 11.3 Å². The Labute approximate surface area is 115 Å². The maximum atomic E-state index is 8.90. The van der Waals surface area contributed by atoms with E-state index >= 15 is 0 Å². The molecule has 0 spiro atoms. The summed E-state index contributed by atoms with van der Waals surface area (Å²) in [6.07, 6.45) is 0. The van der Waals surface area contributed by atoms with Crippen LogP contribution in [-0.2, 0) is 0 Å². The second kappa shape index (κ2) is 6.05. The van der Waals surface area contributed by atoms with Crippen LogP contribution in [0.5, 0.6) is 0 Å². The summed E-state index contributed by atoms with van der Waals surface area (Å²) in [7, 11) is 0. The van der Waals surface area contributed by atoms with Crippen molar-refractivity contribution in [1.29, 1.82) is 5.26 Å². The number of hydrogen-bond donors (Lipinski definition) is 2. The van der Waals surface area contributed by atoms with E-state index in [0.29, 0.717) is 5.56 Å². The van der Waals surface area contributed by atoms with Crippen molar-refractivity contribution in [2.75, 3.05) is 38.0 Å². The average Bonchev–Trinajstić information content (AvgIpc) is 2.46. The second-order valence-corrected chi connectivity index (χ2v) is 5.60. The monoisotopic (exact) mass is 258 g/mol. The molecule has 0 aromatic heterocycles. The minimum absolute atomic E-state index is 0.116. The Morgan fingerprint density at radius 2 is 2.11 bits per heavy atom. The molecule has 4 nitrogen and oxygen atoms in total. The molecule has 1 heterocycles. The number of nitrogens with zero attached hydrogens (tertiary/aromatic N) is 2. The van der Waals surface area contributed by atoms with E-state index in [0.717, 1.165) is 38.4 Å². The summed E-state index contributed by atoms with van der Waals surface area (Å²) in [6, 6.07) is 9.82. The van der Waals surface area contributed by atoms with Crippen molar-refractivity contribution in [3.05, 3.63) is 29.8 Å². The Hall–Kier alpha value is -1.57. The van der Waals surface area contributed by atoms with E-state index in [1.54, 1.807) is 0 Å². The number of benzene rings is 1. The predicted octanol–water partition coefficient (Wildman–Crippen LogP) is 1.65. The molecule has 102 valence electrons. The van der Waals surface area contributed by atoms with E-state index in [1.807, 2.05) is 24.3 Å². The van der Waals surface area contributed by atoms with Gasteiger partial charge in [-0.3, -0.25) is 4.90 Å². The molecule has 0 aliphatic carbocycles. The van der Waals surface area contributed by atoms with Crippen molar-refractivity contribution in [2.24, 2.45) is 0 Å². The third kappa shape index (κ3) is 3.69. The minimum Gasteiger partial charge on any atom is -0.383 e. The number of anilines is 1. The molecule has 1 saturated heterocycles. The molecule has 0 atom stereocenters. The number of hydrogen-bond acceptors (Lipinski definition) is 4. The van der Waals surface area contributed by atoms with Crippen LogP contribution >= 0.6 is 0 Å². The molecule has 1 aliphatic rings. The molecule has 0 radical (unpaired) electrons. The van der Waals surface area contributed by atoms with Gasteiger partial charge in [0.2, 0.25) is 0 Å². The molecule has 2 rings (SSSR count). The predicted molar refractivity (Wildman–Crippen MR) is 78.2 cm³/mol. The van der Waals surface area contributed by atoms with Crippen LogP contribution in [-0.4, -0.2) is 43.2 Å². The topological polar surface area (TPSA) is 51.1 Å². The zero-order chi connectivity index (χ0) is 13.7. The molecule has 1 aromatic rings. The van der Waals surface area contributed by atoms with Crippen molar-refractivity contribution in [1.82, 2.24) is 10.2 Å². The standard InChI is InChI=1S/C15H22N4/c1-15(2,19-8-6-17-7-9-19)12-18-14-5-3-4-13(10-14)11-16/h3-5,10,17-18H,6-9,12H2,1-2H3. The summed E-state index contributed by atoms with van der Waals surface area (Å²) in [4.78, 5) is 2.50. The van der Waals surface area contributed by atoms with E-state index in [-0.39, 0.29) is 5.54 Å². The first kappa shape index (κ1) is 13.9. The first-order valence-electron chi connectivity index (χ1n) is 6.82. The van der Waals surface area contributed by atoms with Gasteiger partial charge in [-0.15, -0.1) is 0 Å². The molecular weight excluding hydrogens is 236 g/mol. The number of piperazine rings is 1. The molecule has 4 heteroatoms. The molecule has 0 amide bonds. The van der Waals surface area contributed by atoms with Gasteiger partial charge >= 0.3 is 0 Å². The summed E-state index contributed by atoms with van der Waals surface area (Å²) >= 11 is 0. The van der Waals surface area contributed by atoms with Gasteiger partial charge in [-0.05, 0) is 32.0 Å². The van der Waals surface area contributed by atoms with Crippen LogP contribution in [0.1, 0.15) is 19.4 Å². The zero-order valence-corrected chi connectivity index (χ0v) is 11.7. The van der Waals surface area contributed by atoms with Gasteiger partial charge < -0.3 is 10.6 Å². The smallest absolute Gasteiger partial charge is 0.0992 e. The highest BCUT2D eigenvalue weighted by molar-refractivity contribution is 5.49. The SMILES string of the molecule is CC(C)(CNc1cccc(C#N)c1)N1CCNCC1. The molecule has 0 bridgehead atoms. The summed E-state index contributed by atoms with van der Waals surface area (Å²) in [5, 5.41) is 15.7. The first-order valence-corrected chi connectivity index (χ1v) is 6.82. The lowest BCUT2D eigenvalue weighted by atomic mass is 10.0. The van der Waals surface area contributed by atoms with Crippen LogP contribution in [0.15, 0.2) is 24.3 Å². The molecule has 1 fully saturated rings. The van der Waals surface area contributed by atoms with Gasteiger partial charge in [0.1, 0.15) is 0 Å². The summed E-state index contributed by atoms with van der Waals surface area (Å²) < 4.78 is 0. The molecular formula is C15H22N4. The molecule has 1 aromatic carbocycles. The average molecular weight is 258 g/mol. The van der Waals surface area contributed by atoms with Crippen molar-refractivity contribution in [3.63, 3.8) is 0 Å². The summed E-state index contributed by atoms with van der Waals surface area (Å²) in [5.41, 5.74) is 1.83. The Balaban J connectivity index is 1.94. The van der Waals surface area contributed by atoms with Crippen molar-refractivity contribution >= 4 is 5.69 Å². The highest BCUT2D eigenvalue weighted by Crippen LogP contribution is 2.17. The second-order valence-electron chi connectivity index (χ2n) is 5.60. The van der Waals surface area contributed by atoms with Gasteiger partial charge in [-0.2, -0.15) is 5.26 Å². The highest BCUT2D eigenvalue weighted by Gasteiger charge is 2.27.